The summed E-state index contributed by atoms with van der Waals surface area (Å²) in [5.74, 6) is 5.82. The van der Waals surface area contributed by atoms with E-state index in [1.54, 1.807) is 13.3 Å². The fraction of sp³-hybridized carbons (Fsp3) is 0.357. The Balaban J connectivity index is 2.46. The topological polar surface area (TPSA) is 65.1 Å². The maximum absolute atomic E-state index is 5.82. The van der Waals surface area contributed by atoms with E-state index < -0.39 is 0 Å². The number of aryl methyl sites for hydroxylation is 1. The number of halogens is 2. The minimum Gasteiger partial charge on any atom is -0.383 e. The van der Waals surface area contributed by atoms with Crippen LogP contribution in [-0.4, -0.2) is 23.5 Å². The van der Waals surface area contributed by atoms with Crippen LogP contribution in [0.25, 0.3) is 0 Å². The predicted octanol–water partition coefficient (Wildman–Crippen LogP) is 2.92. The first-order valence-corrected chi connectivity index (χ1v) is 8.09. The van der Waals surface area contributed by atoms with E-state index in [9.17, 15) is 0 Å². The summed E-state index contributed by atoms with van der Waals surface area (Å²) in [5, 5.41) is 4.38. The van der Waals surface area contributed by atoms with Gasteiger partial charge in [-0.3, -0.25) is 10.5 Å². The largest absolute Gasteiger partial charge is 0.383 e. The number of hydrazine groups is 1. The number of ether oxygens (including phenoxy) is 1. The molecule has 2 rings (SSSR count). The van der Waals surface area contributed by atoms with E-state index in [2.05, 4.69) is 61.4 Å². The molecular formula is C14H18Br2N4O. The molecule has 1 heterocycles. The molecule has 0 bridgehead atoms. The third kappa shape index (κ3) is 3.73. The van der Waals surface area contributed by atoms with Crippen molar-refractivity contribution in [3.63, 3.8) is 0 Å². The number of nitrogens with zero attached hydrogens (tertiary/aromatic N) is 2. The Kier molecular flexibility index (Phi) is 5.95. The summed E-state index contributed by atoms with van der Waals surface area (Å²) in [6.07, 6.45) is 1.78. The van der Waals surface area contributed by atoms with Gasteiger partial charge in [0.25, 0.3) is 0 Å². The average Bonchev–Trinajstić information content (AvgIpc) is 2.83. The zero-order chi connectivity index (χ0) is 15.4. The van der Waals surface area contributed by atoms with Crippen LogP contribution in [-0.2, 0) is 11.3 Å². The SMILES string of the molecule is COCCn1ncc(Br)c1C(NN)c1cc(C)ccc1Br. The molecule has 3 N–H and O–H groups in total. The summed E-state index contributed by atoms with van der Waals surface area (Å²) in [6.45, 7) is 3.31. The van der Waals surface area contributed by atoms with Crippen molar-refractivity contribution in [2.75, 3.05) is 13.7 Å². The molecule has 0 saturated heterocycles. The lowest BCUT2D eigenvalue weighted by atomic mass is 10.0. The maximum Gasteiger partial charge on any atom is 0.0900 e. The number of methoxy groups -OCH3 is 1. The highest BCUT2D eigenvalue weighted by Gasteiger charge is 2.22. The van der Waals surface area contributed by atoms with Gasteiger partial charge in [-0.2, -0.15) is 5.10 Å². The second-order valence-corrected chi connectivity index (χ2v) is 6.43. The number of benzene rings is 1. The molecule has 0 spiro atoms. The molecule has 1 aromatic carbocycles. The maximum atomic E-state index is 5.82. The second kappa shape index (κ2) is 7.51. The first-order chi connectivity index (χ1) is 10.1. The van der Waals surface area contributed by atoms with Gasteiger partial charge in [0, 0.05) is 11.6 Å². The summed E-state index contributed by atoms with van der Waals surface area (Å²) in [6, 6.07) is 6.01. The number of nitrogens with two attached hydrogens (primary N) is 1. The zero-order valence-corrected chi connectivity index (χ0v) is 15.1. The first-order valence-electron chi connectivity index (χ1n) is 6.50. The molecule has 0 aliphatic heterocycles. The van der Waals surface area contributed by atoms with Crippen molar-refractivity contribution < 1.29 is 4.74 Å². The van der Waals surface area contributed by atoms with Gasteiger partial charge in [-0.05, 0) is 34.5 Å². The fourth-order valence-corrected chi connectivity index (χ4v) is 3.22. The highest BCUT2D eigenvalue weighted by atomic mass is 79.9. The molecule has 0 saturated carbocycles. The van der Waals surface area contributed by atoms with Crippen LogP contribution in [0.1, 0.15) is 22.9 Å². The van der Waals surface area contributed by atoms with Gasteiger partial charge in [-0.25, -0.2) is 5.43 Å². The predicted molar refractivity (Wildman–Crippen MR) is 89.8 cm³/mol. The molecule has 0 fully saturated rings. The van der Waals surface area contributed by atoms with E-state index in [1.807, 2.05) is 10.7 Å². The highest BCUT2D eigenvalue weighted by molar-refractivity contribution is 9.10. The first kappa shape index (κ1) is 16.6. The van der Waals surface area contributed by atoms with Crippen LogP contribution in [0, 0.1) is 6.92 Å². The summed E-state index contributed by atoms with van der Waals surface area (Å²) in [4.78, 5) is 0. The Labute approximate surface area is 141 Å². The van der Waals surface area contributed by atoms with Gasteiger partial charge >= 0.3 is 0 Å². The minimum atomic E-state index is -0.173. The lowest BCUT2D eigenvalue weighted by Gasteiger charge is -2.20. The van der Waals surface area contributed by atoms with Crippen molar-refractivity contribution in [3.8, 4) is 0 Å². The lowest BCUT2D eigenvalue weighted by molar-refractivity contribution is 0.182. The Morgan fingerprint density at radius 1 is 1.38 bits per heavy atom. The van der Waals surface area contributed by atoms with Gasteiger partial charge in [0.15, 0.2) is 0 Å². The zero-order valence-electron chi connectivity index (χ0n) is 11.9. The van der Waals surface area contributed by atoms with Gasteiger partial charge in [-0.1, -0.05) is 33.6 Å². The van der Waals surface area contributed by atoms with Gasteiger partial charge < -0.3 is 4.74 Å². The van der Waals surface area contributed by atoms with Crippen LogP contribution in [0.2, 0.25) is 0 Å². The summed E-state index contributed by atoms with van der Waals surface area (Å²) < 4.78 is 8.94. The van der Waals surface area contributed by atoms with Crippen LogP contribution in [0.4, 0.5) is 0 Å². The van der Waals surface area contributed by atoms with Crippen LogP contribution in [0.15, 0.2) is 33.3 Å². The van der Waals surface area contributed by atoms with E-state index in [4.69, 9.17) is 10.6 Å². The van der Waals surface area contributed by atoms with Crippen molar-refractivity contribution in [3.05, 3.63) is 50.2 Å². The molecular weight excluding hydrogens is 400 g/mol. The number of nitrogens with one attached hydrogen (secondary N) is 1. The third-order valence-corrected chi connectivity index (χ3v) is 4.58. The molecule has 2 aromatic rings. The number of hydrogen-bond donors (Lipinski definition) is 2. The van der Waals surface area contributed by atoms with Crippen LogP contribution in [0.3, 0.4) is 0 Å². The quantitative estimate of drug-likeness (QED) is 0.560. The lowest BCUT2D eigenvalue weighted by Crippen LogP contribution is -2.31. The van der Waals surface area contributed by atoms with E-state index in [1.165, 1.54) is 5.56 Å². The number of rotatable bonds is 6. The van der Waals surface area contributed by atoms with E-state index in [-0.39, 0.29) is 6.04 Å². The van der Waals surface area contributed by atoms with E-state index in [0.29, 0.717) is 13.2 Å². The summed E-state index contributed by atoms with van der Waals surface area (Å²) in [5.41, 5.74) is 6.10. The molecule has 0 aliphatic carbocycles. The number of hydrogen-bond acceptors (Lipinski definition) is 4. The van der Waals surface area contributed by atoms with Crippen molar-refractivity contribution in [2.45, 2.75) is 19.5 Å². The molecule has 0 aliphatic rings. The van der Waals surface area contributed by atoms with Gasteiger partial charge in [0.05, 0.1) is 35.6 Å². The van der Waals surface area contributed by atoms with Crippen LogP contribution in [0.5, 0.6) is 0 Å². The molecule has 0 radical (unpaired) electrons. The second-order valence-electron chi connectivity index (χ2n) is 4.72. The molecule has 1 aromatic heterocycles. The minimum absolute atomic E-state index is 0.173. The Morgan fingerprint density at radius 3 is 2.81 bits per heavy atom. The van der Waals surface area contributed by atoms with E-state index >= 15 is 0 Å². The smallest absolute Gasteiger partial charge is 0.0900 e. The van der Waals surface area contributed by atoms with Gasteiger partial charge in [-0.15, -0.1) is 0 Å². The molecule has 1 unspecified atom stereocenters. The van der Waals surface area contributed by atoms with Crippen molar-refractivity contribution in [1.29, 1.82) is 0 Å². The monoisotopic (exact) mass is 416 g/mol. The Bertz CT molecular complexity index is 615. The molecule has 1 atom stereocenters. The molecule has 21 heavy (non-hydrogen) atoms. The standard InChI is InChI=1S/C14H18Br2N4O/c1-9-3-4-11(15)10(7-9)13(19-17)14-12(16)8-18-20(14)5-6-21-2/h3-4,7-8,13,19H,5-6,17H2,1-2H3. The van der Waals surface area contributed by atoms with Crippen molar-refractivity contribution in [1.82, 2.24) is 15.2 Å². The fourth-order valence-electron chi connectivity index (χ4n) is 2.22. The summed E-state index contributed by atoms with van der Waals surface area (Å²) in [7, 11) is 1.67. The normalized spacial score (nSPS) is 12.6. The van der Waals surface area contributed by atoms with Gasteiger partial charge in [0.2, 0.25) is 0 Å². The highest BCUT2D eigenvalue weighted by Crippen LogP contribution is 2.32. The molecule has 0 amide bonds. The van der Waals surface area contributed by atoms with E-state index in [0.717, 1.165) is 20.2 Å². The Morgan fingerprint density at radius 2 is 2.14 bits per heavy atom. The molecule has 5 nitrogen and oxygen atoms in total. The summed E-state index contributed by atoms with van der Waals surface area (Å²) >= 11 is 7.15. The average molecular weight is 418 g/mol. The van der Waals surface area contributed by atoms with Crippen LogP contribution < -0.4 is 11.3 Å². The van der Waals surface area contributed by atoms with Crippen LogP contribution >= 0.6 is 31.9 Å². The Hall–Kier alpha value is -0.730. The van der Waals surface area contributed by atoms with Gasteiger partial charge in [0.1, 0.15) is 0 Å². The molecule has 7 heteroatoms. The number of aromatic nitrogens is 2. The molecule has 114 valence electrons. The van der Waals surface area contributed by atoms with Crippen molar-refractivity contribution >= 4 is 31.9 Å². The van der Waals surface area contributed by atoms with Crippen molar-refractivity contribution in [2.24, 2.45) is 5.84 Å². The third-order valence-electron chi connectivity index (χ3n) is 3.24.